The van der Waals surface area contributed by atoms with Crippen LogP contribution in [0.15, 0.2) is 33.1 Å². The number of aldehydes is 2. The van der Waals surface area contributed by atoms with Crippen LogP contribution < -0.4 is 0 Å². The van der Waals surface area contributed by atoms with Crippen molar-refractivity contribution < 1.29 is 23.2 Å². The van der Waals surface area contributed by atoms with Crippen molar-refractivity contribution >= 4 is 30.6 Å². The maximum atomic E-state index is 10.00. The average molecular weight is 328 g/mol. The van der Waals surface area contributed by atoms with Gasteiger partial charge in [0.1, 0.15) is 11.5 Å². The maximum absolute atomic E-state index is 10.00. The first kappa shape index (κ1) is 19.7. The first-order valence-corrected chi connectivity index (χ1v) is 6.73. The third-order valence-electron chi connectivity index (χ3n) is 2.02. The van der Waals surface area contributed by atoms with Gasteiger partial charge in [-0.15, -0.1) is 11.6 Å². The zero-order valence-electron chi connectivity index (χ0n) is 12.6. The van der Waals surface area contributed by atoms with Gasteiger partial charge >= 0.3 is 0 Å². The summed E-state index contributed by atoms with van der Waals surface area (Å²) >= 11 is 5.39. The average Bonchev–Trinajstić information content (AvgIpc) is 3.16. The Bertz CT molecular complexity index is 574. The number of alkyl halides is 1. The topological polar surface area (TPSA) is 80.7 Å². The molecule has 0 unspecified atom stereocenters. The Morgan fingerprint density at radius 2 is 1.50 bits per heavy atom. The Balaban J connectivity index is 0.000000315. The Labute approximate surface area is 133 Å². The van der Waals surface area contributed by atoms with Crippen molar-refractivity contribution in [2.45, 2.75) is 12.8 Å². The molecule has 0 bridgehead atoms. The maximum Gasteiger partial charge on any atom is 0.209 e. The minimum atomic E-state index is 0.313. The van der Waals surface area contributed by atoms with Crippen LogP contribution in [0.4, 0.5) is 0 Å². The lowest BCUT2D eigenvalue weighted by Gasteiger charge is -1.93. The summed E-state index contributed by atoms with van der Waals surface area (Å²) in [5.41, 5.74) is 0. The van der Waals surface area contributed by atoms with E-state index in [0.717, 1.165) is 12.2 Å². The van der Waals surface area contributed by atoms with E-state index in [1.165, 1.54) is 4.90 Å². The zero-order valence-corrected chi connectivity index (χ0v) is 13.4. The number of furan rings is 2. The smallest absolute Gasteiger partial charge is 0.209 e. The van der Waals surface area contributed by atoms with Crippen molar-refractivity contribution in [1.29, 1.82) is 0 Å². The standard InChI is InChI=1S/C6H5ClO2.C6H6O2.C3H7NO/c7-3-5-1-2-6(4-8)9-5;1-5-2-3-6(4-7)8-5;1-4(2)3-5/h1-2,4H,3H2;2-4H,1H3;3H,1-2H3. The van der Waals surface area contributed by atoms with Gasteiger partial charge in [-0.25, -0.2) is 0 Å². The molecule has 22 heavy (non-hydrogen) atoms. The van der Waals surface area contributed by atoms with E-state index in [9.17, 15) is 14.4 Å². The minimum Gasteiger partial charge on any atom is -0.459 e. The van der Waals surface area contributed by atoms with E-state index in [0.29, 0.717) is 35.7 Å². The second kappa shape index (κ2) is 11.3. The summed E-state index contributed by atoms with van der Waals surface area (Å²) in [6.45, 7) is 1.80. The van der Waals surface area contributed by atoms with Crippen LogP contribution in [-0.4, -0.2) is 38.0 Å². The SMILES string of the molecule is CN(C)C=O.Cc1ccc(C=O)o1.O=Cc1ccc(CCl)o1. The molecule has 0 radical (unpaired) electrons. The molecular weight excluding hydrogens is 310 g/mol. The summed E-state index contributed by atoms with van der Waals surface area (Å²) in [6, 6.07) is 6.66. The summed E-state index contributed by atoms with van der Waals surface area (Å²) in [4.78, 5) is 30.8. The molecule has 0 fully saturated rings. The number of hydrogen-bond acceptors (Lipinski definition) is 5. The molecule has 2 heterocycles. The molecule has 2 aromatic rings. The predicted molar refractivity (Wildman–Crippen MR) is 82.2 cm³/mol. The molecule has 1 amide bonds. The second-order valence-electron chi connectivity index (χ2n) is 4.19. The Hall–Kier alpha value is -2.34. The molecule has 0 atom stereocenters. The number of rotatable bonds is 4. The first-order chi connectivity index (χ1) is 10.5. The van der Waals surface area contributed by atoms with Gasteiger partial charge in [-0.3, -0.25) is 14.4 Å². The Morgan fingerprint density at radius 3 is 1.73 bits per heavy atom. The fourth-order valence-corrected chi connectivity index (χ4v) is 1.19. The van der Waals surface area contributed by atoms with Crippen molar-refractivity contribution in [3.63, 3.8) is 0 Å². The van der Waals surface area contributed by atoms with Crippen molar-refractivity contribution in [2.75, 3.05) is 14.1 Å². The van der Waals surface area contributed by atoms with Crippen LogP contribution >= 0.6 is 11.6 Å². The lowest BCUT2D eigenvalue weighted by Crippen LogP contribution is -2.06. The second-order valence-corrected chi connectivity index (χ2v) is 4.46. The highest BCUT2D eigenvalue weighted by Crippen LogP contribution is 2.07. The van der Waals surface area contributed by atoms with Crippen LogP contribution in [-0.2, 0) is 10.7 Å². The van der Waals surface area contributed by atoms with Gasteiger partial charge in [-0.2, -0.15) is 0 Å². The number of halogens is 1. The molecule has 2 aromatic heterocycles. The van der Waals surface area contributed by atoms with Crippen LogP contribution in [0.25, 0.3) is 0 Å². The Morgan fingerprint density at radius 1 is 1.00 bits per heavy atom. The van der Waals surface area contributed by atoms with Crippen molar-refractivity contribution in [2.24, 2.45) is 0 Å². The molecule has 6 nitrogen and oxygen atoms in total. The molecule has 0 saturated carbocycles. The number of nitrogens with zero attached hydrogens (tertiary/aromatic N) is 1. The number of aryl methyl sites for hydroxylation is 1. The van der Waals surface area contributed by atoms with Gasteiger partial charge in [0.25, 0.3) is 0 Å². The molecule has 0 aliphatic rings. The third-order valence-corrected chi connectivity index (χ3v) is 2.28. The van der Waals surface area contributed by atoms with Crippen LogP contribution in [0.3, 0.4) is 0 Å². The van der Waals surface area contributed by atoms with Crippen molar-refractivity contribution in [3.05, 3.63) is 47.3 Å². The van der Waals surface area contributed by atoms with Gasteiger partial charge in [0.2, 0.25) is 6.41 Å². The molecule has 0 aliphatic carbocycles. The highest BCUT2D eigenvalue weighted by molar-refractivity contribution is 6.16. The van der Waals surface area contributed by atoms with Gasteiger partial charge in [0.05, 0.1) is 5.88 Å². The van der Waals surface area contributed by atoms with Crippen LogP contribution in [0.1, 0.15) is 32.6 Å². The molecule has 0 aliphatic heterocycles. The molecule has 0 aromatic carbocycles. The molecule has 0 N–H and O–H groups in total. The summed E-state index contributed by atoms with van der Waals surface area (Å²) in [7, 11) is 3.38. The fraction of sp³-hybridized carbons (Fsp3) is 0.267. The monoisotopic (exact) mass is 327 g/mol. The third kappa shape index (κ3) is 8.76. The van der Waals surface area contributed by atoms with Gasteiger partial charge < -0.3 is 13.7 Å². The summed E-state index contributed by atoms with van der Waals surface area (Å²) in [5, 5.41) is 0. The van der Waals surface area contributed by atoms with Crippen molar-refractivity contribution in [1.82, 2.24) is 4.90 Å². The number of amides is 1. The van der Waals surface area contributed by atoms with E-state index in [4.69, 9.17) is 20.4 Å². The number of hydrogen-bond donors (Lipinski definition) is 0. The van der Waals surface area contributed by atoms with Crippen LogP contribution in [0.2, 0.25) is 0 Å². The largest absolute Gasteiger partial charge is 0.459 e. The lowest BCUT2D eigenvalue weighted by molar-refractivity contribution is -0.115. The zero-order chi connectivity index (χ0) is 17.0. The Kier molecular flexibility index (Phi) is 10.1. The van der Waals surface area contributed by atoms with E-state index in [1.54, 1.807) is 45.3 Å². The van der Waals surface area contributed by atoms with E-state index in [-0.39, 0.29) is 0 Å². The van der Waals surface area contributed by atoms with E-state index < -0.39 is 0 Å². The summed E-state index contributed by atoms with van der Waals surface area (Å²) in [5.74, 6) is 2.42. The van der Waals surface area contributed by atoms with Gasteiger partial charge in [-0.1, -0.05) is 0 Å². The quantitative estimate of drug-likeness (QED) is 0.637. The van der Waals surface area contributed by atoms with E-state index in [2.05, 4.69) is 0 Å². The normalized spacial score (nSPS) is 8.73. The molecule has 120 valence electrons. The van der Waals surface area contributed by atoms with Gasteiger partial charge in [0, 0.05) is 14.1 Å². The van der Waals surface area contributed by atoms with E-state index >= 15 is 0 Å². The number of carbonyl (C=O) groups is 3. The van der Waals surface area contributed by atoms with Crippen LogP contribution in [0.5, 0.6) is 0 Å². The number of carbonyl (C=O) groups excluding carboxylic acids is 3. The van der Waals surface area contributed by atoms with Gasteiger partial charge in [-0.05, 0) is 31.2 Å². The highest BCUT2D eigenvalue weighted by Gasteiger charge is 1.96. The van der Waals surface area contributed by atoms with Crippen molar-refractivity contribution in [3.8, 4) is 0 Å². The first-order valence-electron chi connectivity index (χ1n) is 6.20. The summed E-state index contributed by atoms with van der Waals surface area (Å²) < 4.78 is 9.75. The molecular formula is C15H18ClNO5. The van der Waals surface area contributed by atoms with E-state index in [1.807, 2.05) is 0 Å². The predicted octanol–water partition coefficient (Wildman–Crippen LogP) is 2.94. The van der Waals surface area contributed by atoms with Crippen LogP contribution in [0, 0.1) is 6.92 Å². The minimum absolute atomic E-state index is 0.313. The fourth-order valence-electron chi connectivity index (χ4n) is 1.05. The highest BCUT2D eigenvalue weighted by atomic mass is 35.5. The summed E-state index contributed by atoms with van der Waals surface area (Å²) in [6.07, 6.45) is 2.09. The van der Waals surface area contributed by atoms with Gasteiger partial charge in [0.15, 0.2) is 24.1 Å². The molecule has 2 rings (SSSR count). The molecule has 0 spiro atoms. The lowest BCUT2D eigenvalue weighted by atomic mass is 10.4. The molecule has 0 saturated heterocycles. The molecule has 7 heteroatoms.